The molecule has 1 unspecified atom stereocenters. The number of para-hydroxylation sites is 1. The predicted molar refractivity (Wildman–Crippen MR) is 119 cm³/mol. The van der Waals surface area contributed by atoms with E-state index in [0.717, 1.165) is 31.7 Å². The van der Waals surface area contributed by atoms with Crippen molar-refractivity contribution in [1.29, 1.82) is 0 Å². The lowest BCUT2D eigenvalue weighted by molar-refractivity contribution is -0.121. The van der Waals surface area contributed by atoms with Gasteiger partial charge >= 0.3 is 0 Å². The molecule has 1 N–H and O–H groups in total. The highest BCUT2D eigenvalue weighted by atomic mass is 16.2. The van der Waals surface area contributed by atoms with Crippen molar-refractivity contribution >= 4 is 23.2 Å². The fourth-order valence-electron chi connectivity index (χ4n) is 4.15. The van der Waals surface area contributed by atoms with Crippen LogP contribution >= 0.6 is 0 Å². The number of carbonyl (C=O) groups is 2. The standard InChI is InChI=1S/C24H28N4O2/c1-18(26-12-14-27(15-13-26)20-8-4-3-5-9-20)16-25-23(29)17-28-19(2)21-10-6-7-11-22(21)24(28)30/h3-11,18H,2,12-17H2,1H3,(H,25,29). The Balaban J connectivity index is 1.24. The molecule has 0 aliphatic carbocycles. The minimum absolute atomic E-state index is 0.000845. The largest absolute Gasteiger partial charge is 0.369 e. The zero-order valence-corrected chi connectivity index (χ0v) is 17.4. The van der Waals surface area contributed by atoms with Crippen LogP contribution < -0.4 is 10.2 Å². The first kappa shape index (κ1) is 20.2. The summed E-state index contributed by atoms with van der Waals surface area (Å²) in [4.78, 5) is 31.3. The fourth-order valence-corrected chi connectivity index (χ4v) is 4.15. The molecule has 0 spiro atoms. The molecule has 156 valence electrons. The molecule has 1 atom stereocenters. The van der Waals surface area contributed by atoms with E-state index in [1.165, 1.54) is 10.6 Å². The van der Waals surface area contributed by atoms with Gasteiger partial charge in [-0.2, -0.15) is 0 Å². The molecule has 2 aliphatic heterocycles. The predicted octanol–water partition coefficient (Wildman–Crippen LogP) is 2.44. The molecule has 1 fully saturated rings. The average molecular weight is 405 g/mol. The van der Waals surface area contributed by atoms with Gasteiger partial charge in [-0.05, 0) is 25.1 Å². The van der Waals surface area contributed by atoms with Crippen molar-refractivity contribution in [3.8, 4) is 0 Å². The highest BCUT2D eigenvalue weighted by Crippen LogP contribution is 2.30. The zero-order chi connectivity index (χ0) is 21.1. The van der Waals surface area contributed by atoms with Crippen molar-refractivity contribution in [2.24, 2.45) is 0 Å². The van der Waals surface area contributed by atoms with Crippen LogP contribution in [-0.4, -0.2) is 66.9 Å². The fraction of sp³-hybridized carbons (Fsp3) is 0.333. The maximum Gasteiger partial charge on any atom is 0.259 e. The zero-order valence-electron chi connectivity index (χ0n) is 17.4. The van der Waals surface area contributed by atoms with Gasteiger partial charge in [0.05, 0.1) is 0 Å². The smallest absolute Gasteiger partial charge is 0.259 e. The number of amides is 2. The molecule has 4 rings (SSSR count). The minimum atomic E-state index is -0.160. The molecule has 0 saturated carbocycles. The number of anilines is 1. The van der Waals surface area contributed by atoms with Gasteiger partial charge in [0.15, 0.2) is 0 Å². The minimum Gasteiger partial charge on any atom is -0.369 e. The van der Waals surface area contributed by atoms with Crippen LogP contribution in [0, 0.1) is 0 Å². The van der Waals surface area contributed by atoms with Crippen molar-refractivity contribution in [3.63, 3.8) is 0 Å². The summed E-state index contributed by atoms with van der Waals surface area (Å²) in [6.07, 6.45) is 0. The Kier molecular flexibility index (Phi) is 5.86. The van der Waals surface area contributed by atoms with Crippen molar-refractivity contribution in [1.82, 2.24) is 15.1 Å². The second-order valence-electron chi connectivity index (χ2n) is 7.90. The third kappa shape index (κ3) is 4.09. The number of carbonyl (C=O) groups excluding carboxylic acids is 2. The van der Waals surface area contributed by atoms with E-state index in [4.69, 9.17) is 0 Å². The number of nitrogens with one attached hydrogen (secondary N) is 1. The molecule has 2 aromatic rings. The summed E-state index contributed by atoms with van der Waals surface area (Å²) in [6.45, 7) is 10.6. The summed E-state index contributed by atoms with van der Waals surface area (Å²) < 4.78 is 0. The van der Waals surface area contributed by atoms with Gasteiger partial charge in [-0.25, -0.2) is 0 Å². The van der Waals surface area contributed by atoms with Crippen LogP contribution in [-0.2, 0) is 4.79 Å². The summed E-state index contributed by atoms with van der Waals surface area (Å²) in [5.41, 5.74) is 3.27. The van der Waals surface area contributed by atoms with Crippen LogP contribution in [0.1, 0.15) is 22.8 Å². The molecular weight excluding hydrogens is 376 g/mol. The van der Waals surface area contributed by atoms with E-state index in [9.17, 15) is 9.59 Å². The summed E-state index contributed by atoms with van der Waals surface area (Å²) in [5.74, 6) is -0.317. The molecule has 6 nitrogen and oxygen atoms in total. The first-order valence-corrected chi connectivity index (χ1v) is 10.5. The van der Waals surface area contributed by atoms with E-state index in [-0.39, 0.29) is 24.4 Å². The number of piperazine rings is 1. The summed E-state index contributed by atoms with van der Waals surface area (Å²) in [5, 5.41) is 2.99. The van der Waals surface area contributed by atoms with Crippen molar-refractivity contribution in [3.05, 3.63) is 72.3 Å². The lowest BCUT2D eigenvalue weighted by atomic mass is 10.1. The van der Waals surface area contributed by atoms with Crippen molar-refractivity contribution < 1.29 is 9.59 Å². The number of nitrogens with zero attached hydrogens (tertiary/aromatic N) is 3. The normalized spacial score (nSPS) is 17.8. The second kappa shape index (κ2) is 8.71. The average Bonchev–Trinajstić information content (AvgIpc) is 3.03. The molecule has 0 aromatic heterocycles. The summed E-state index contributed by atoms with van der Waals surface area (Å²) in [7, 11) is 0. The van der Waals surface area contributed by atoms with Crippen LogP contribution in [0.5, 0.6) is 0 Å². The number of hydrogen-bond donors (Lipinski definition) is 1. The second-order valence-corrected chi connectivity index (χ2v) is 7.90. The highest BCUT2D eigenvalue weighted by Gasteiger charge is 2.32. The Morgan fingerprint density at radius 3 is 2.30 bits per heavy atom. The number of fused-ring (bicyclic) bond motifs is 1. The topological polar surface area (TPSA) is 55.9 Å². The lowest BCUT2D eigenvalue weighted by Gasteiger charge is -2.39. The van der Waals surface area contributed by atoms with Gasteiger partial charge in [-0.1, -0.05) is 43.0 Å². The van der Waals surface area contributed by atoms with Gasteiger partial charge in [-0.3, -0.25) is 19.4 Å². The van der Waals surface area contributed by atoms with Crippen molar-refractivity contribution in [2.45, 2.75) is 13.0 Å². The molecule has 0 bridgehead atoms. The van der Waals surface area contributed by atoms with Crippen LogP contribution in [0.4, 0.5) is 5.69 Å². The van der Waals surface area contributed by atoms with Gasteiger partial charge in [0, 0.05) is 61.3 Å². The Hall–Kier alpha value is -3.12. The van der Waals surface area contributed by atoms with Crippen LogP contribution in [0.15, 0.2) is 61.2 Å². The molecular formula is C24H28N4O2. The summed E-state index contributed by atoms with van der Waals surface area (Å²) in [6, 6.07) is 18.0. The van der Waals surface area contributed by atoms with E-state index < -0.39 is 0 Å². The first-order chi connectivity index (χ1) is 14.5. The molecule has 2 aliphatic rings. The Morgan fingerprint density at radius 2 is 1.63 bits per heavy atom. The van der Waals surface area contributed by atoms with E-state index in [0.29, 0.717) is 17.8 Å². The van der Waals surface area contributed by atoms with E-state index in [2.05, 4.69) is 52.9 Å². The lowest BCUT2D eigenvalue weighted by Crippen LogP contribution is -2.52. The Morgan fingerprint density at radius 1 is 1.00 bits per heavy atom. The van der Waals surface area contributed by atoms with Gasteiger partial charge in [0.1, 0.15) is 6.54 Å². The maximum absolute atomic E-state index is 12.5. The number of benzene rings is 2. The third-order valence-electron chi connectivity index (χ3n) is 5.99. The molecule has 30 heavy (non-hydrogen) atoms. The first-order valence-electron chi connectivity index (χ1n) is 10.5. The molecule has 6 heteroatoms. The van der Waals surface area contributed by atoms with Crippen LogP contribution in [0.3, 0.4) is 0 Å². The van der Waals surface area contributed by atoms with Crippen molar-refractivity contribution in [2.75, 3.05) is 44.2 Å². The molecule has 2 aromatic carbocycles. The Labute approximate surface area is 177 Å². The number of hydrogen-bond acceptors (Lipinski definition) is 4. The molecule has 2 heterocycles. The third-order valence-corrected chi connectivity index (χ3v) is 5.99. The van der Waals surface area contributed by atoms with Gasteiger partial charge in [0.25, 0.3) is 5.91 Å². The Bertz CT molecular complexity index is 900. The maximum atomic E-state index is 12.5. The number of rotatable bonds is 6. The van der Waals surface area contributed by atoms with Crippen LogP contribution in [0.2, 0.25) is 0 Å². The summed E-state index contributed by atoms with van der Waals surface area (Å²) >= 11 is 0. The van der Waals surface area contributed by atoms with Gasteiger partial charge < -0.3 is 10.2 Å². The molecule has 0 radical (unpaired) electrons. The van der Waals surface area contributed by atoms with E-state index >= 15 is 0 Å². The SMILES string of the molecule is C=C1c2ccccc2C(=O)N1CC(=O)NCC(C)N1CCN(c2ccccc2)CC1. The van der Waals surface area contributed by atoms with Gasteiger partial charge in [-0.15, -0.1) is 0 Å². The van der Waals surface area contributed by atoms with E-state index in [1.807, 2.05) is 24.3 Å². The highest BCUT2D eigenvalue weighted by molar-refractivity contribution is 6.10. The molecule has 1 saturated heterocycles. The van der Waals surface area contributed by atoms with Crippen LogP contribution in [0.25, 0.3) is 5.70 Å². The van der Waals surface area contributed by atoms with E-state index in [1.54, 1.807) is 6.07 Å². The molecule has 2 amide bonds. The van der Waals surface area contributed by atoms with Gasteiger partial charge in [0.2, 0.25) is 5.91 Å². The monoisotopic (exact) mass is 404 g/mol. The quantitative estimate of drug-likeness (QED) is 0.804.